The van der Waals surface area contributed by atoms with Gasteiger partial charge in [0.1, 0.15) is 0 Å². The molecule has 2 aromatic rings. The second-order valence-corrected chi connectivity index (χ2v) is 5.60. The van der Waals surface area contributed by atoms with Crippen LogP contribution in [-0.2, 0) is 19.4 Å². The van der Waals surface area contributed by atoms with E-state index in [2.05, 4.69) is 9.97 Å². The molecule has 0 spiro atoms. The van der Waals surface area contributed by atoms with Crippen LogP contribution in [0.4, 0.5) is 5.69 Å². The average molecular weight is 308 g/mol. The van der Waals surface area contributed by atoms with Gasteiger partial charge in [-0.3, -0.25) is 15.1 Å². The summed E-state index contributed by atoms with van der Waals surface area (Å²) >= 11 is 1.43. The third kappa shape index (κ3) is 3.06. The number of hydrogen-bond donors (Lipinski definition) is 1. The Bertz CT molecular complexity index is 684. The van der Waals surface area contributed by atoms with E-state index in [0.29, 0.717) is 22.6 Å². The van der Waals surface area contributed by atoms with E-state index in [1.165, 1.54) is 18.0 Å². The predicted octanol–water partition coefficient (Wildman–Crippen LogP) is 2.12. The number of aryl methyl sites for hydroxylation is 1. The van der Waals surface area contributed by atoms with Gasteiger partial charge in [0.2, 0.25) is 0 Å². The molecule has 0 aliphatic rings. The van der Waals surface area contributed by atoms with Crippen LogP contribution in [0.1, 0.15) is 22.5 Å². The molecule has 7 nitrogen and oxygen atoms in total. The van der Waals surface area contributed by atoms with Crippen LogP contribution in [0.25, 0.3) is 0 Å². The standard InChI is InChI=1S/C13H16N4O3S/c1-8-4-14-11(9(2)12(8)17(19)20)7-21-13-15-5-10(6-18)16(13)3/h4-5,18H,6-7H2,1-3H3. The smallest absolute Gasteiger partial charge is 0.278 e. The van der Waals surface area contributed by atoms with Gasteiger partial charge in [-0.2, -0.15) is 0 Å². The fourth-order valence-corrected chi connectivity index (χ4v) is 3.03. The fraction of sp³-hybridized carbons (Fsp3) is 0.385. The number of rotatable bonds is 5. The summed E-state index contributed by atoms with van der Waals surface area (Å²) in [5, 5.41) is 21.0. The molecule has 0 saturated heterocycles. The van der Waals surface area contributed by atoms with Crippen molar-refractivity contribution in [3.63, 3.8) is 0 Å². The van der Waals surface area contributed by atoms with Crippen molar-refractivity contribution in [2.24, 2.45) is 7.05 Å². The van der Waals surface area contributed by atoms with Crippen LogP contribution < -0.4 is 0 Å². The Balaban J connectivity index is 2.22. The minimum Gasteiger partial charge on any atom is -0.390 e. The summed E-state index contributed by atoms with van der Waals surface area (Å²) < 4.78 is 1.79. The minimum absolute atomic E-state index is 0.0721. The molecule has 2 heterocycles. The number of aromatic nitrogens is 3. The zero-order chi connectivity index (χ0) is 15.6. The Morgan fingerprint density at radius 3 is 2.67 bits per heavy atom. The molecule has 0 aliphatic heterocycles. The summed E-state index contributed by atoms with van der Waals surface area (Å²) in [5.41, 5.74) is 2.66. The molecular weight excluding hydrogens is 292 g/mol. The molecule has 0 aliphatic carbocycles. The third-order valence-electron chi connectivity index (χ3n) is 3.30. The highest BCUT2D eigenvalue weighted by molar-refractivity contribution is 7.98. The number of pyridine rings is 1. The average Bonchev–Trinajstić information content (AvgIpc) is 2.78. The van der Waals surface area contributed by atoms with Crippen molar-refractivity contribution in [3.8, 4) is 0 Å². The molecule has 0 atom stereocenters. The first-order valence-electron chi connectivity index (χ1n) is 6.29. The van der Waals surface area contributed by atoms with Gasteiger partial charge in [-0.25, -0.2) is 4.98 Å². The first kappa shape index (κ1) is 15.5. The summed E-state index contributed by atoms with van der Waals surface area (Å²) in [6, 6.07) is 0. The third-order valence-corrected chi connectivity index (χ3v) is 4.36. The van der Waals surface area contributed by atoms with E-state index in [4.69, 9.17) is 5.11 Å². The molecule has 112 valence electrons. The number of imidazole rings is 1. The maximum Gasteiger partial charge on any atom is 0.278 e. The summed E-state index contributed by atoms with van der Waals surface area (Å²) in [6.45, 7) is 3.32. The Kier molecular flexibility index (Phi) is 4.59. The van der Waals surface area contributed by atoms with E-state index < -0.39 is 0 Å². The van der Waals surface area contributed by atoms with E-state index in [-0.39, 0.29) is 17.2 Å². The molecule has 21 heavy (non-hydrogen) atoms. The maximum atomic E-state index is 11.1. The van der Waals surface area contributed by atoms with Gasteiger partial charge >= 0.3 is 0 Å². The lowest BCUT2D eigenvalue weighted by Crippen LogP contribution is -2.02. The highest BCUT2D eigenvalue weighted by Gasteiger charge is 2.19. The second kappa shape index (κ2) is 6.23. The van der Waals surface area contributed by atoms with Gasteiger partial charge in [0.25, 0.3) is 5.69 Å². The van der Waals surface area contributed by atoms with Crippen molar-refractivity contribution in [1.82, 2.24) is 14.5 Å². The van der Waals surface area contributed by atoms with E-state index in [1.807, 2.05) is 7.05 Å². The van der Waals surface area contributed by atoms with Crippen molar-refractivity contribution >= 4 is 17.4 Å². The summed E-state index contributed by atoms with van der Waals surface area (Å²) in [4.78, 5) is 19.2. The predicted molar refractivity (Wildman–Crippen MR) is 79.1 cm³/mol. The summed E-state index contributed by atoms with van der Waals surface area (Å²) in [6.07, 6.45) is 3.14. The fourth-order valence-electron chi connectivity index (χ4n) is 2.03. The van der Waals surface area contributed by atoms with Crippen molar-refractivity contribution in [3.05, 3.63) is 45.0 Å². The quantitative estimate of drug-likeness (QED) is 0.516. The Hall–Kier alpha value is -1.93. The zero-order valence-electron chi connectivity index (χ0n) is 12.0. The van der Waals surface area contributed by atoms with Crippen molar-refractivity contribution in [2.45, 2.75) is 31.4 Å². The van der Waals surface area contributed by atoms with Crippen LogP contribution >= 0.6 is 11.8 Å². The molecule has 8 heteroatoms. The highest BCUT2D eigenvalue weighted by Crippen LogP contribution is 2.28. The number of aliphatic hydroxyl groups excluding tert-OH is 1. The first-order valence-corrected chi connectivity index (χ1v) is 7.28. The van der Waals surface area contributed by atoms with Gasteiger partial charge in [0, 0.05) is 30.1 Å². The molecule has 2 aromatic heterocycles. The number of hydrogen-bond acceptors (Lipinski definition) is 6. The van der Waals surface area contributed by atoms with Crippen LogP contribution in [0.15, 0.2) is 17.6 Å². The molecule has 0 unspecified atom stereocenters. The number of nitrogens with zero attached hydrogens (tertiary/aromatic N) is 4. The number of aliphatic hydroxyl groups is 1. The molecule has 0 saturated carbocycles. The second-order valence-electron chi connectivity index (χ2n) is 4.66. The summed E-state index contributed by atoms with van der Waals surface area (Å²) in [5.74, 6) is 0.489. The normalized spacial score (nSPS) is 10.9. The van der Waals surface area contributed by atoms with Crippen LogP contribution in [0.5, 0.6) is 0 Å². The van der Waals surface area contributed by atoms with Crippen molar-refractivity contribution < 1.29 is 10.0 Å². The van der Waals surface area contributed by atoms with E-state index >= 15 is 0 Å². The first-order chi connectivity index (χ1) is 9.95. The molecular formula is C13H16N4O3S. The monoisotopic (exact) mass is 308 g/mol. The van der Waals surface area contributed by atoms with Gasteiger partial charge < -0.3 is 9.67 Å². The molecule has 1 N–H and O–H groups in total. The van der Waals surface area contributed by atoms with Gasteiger partial charge in [0.15, 0.2) is 5.16 Å². The lowest BCUT2D eigenvalue weighted by atomic mass is 10.1. The number of thioether (sulfide) groups is 1. The lowest BCUT2D eigenvalue weighted by molar-refractivity contribution is -0.386. The Labute approximate surface area is 126 Å². The van der Waals surface area contributed by atoms with Crippen LogP contribution in [0, 0.1) is 24.0 Å². The van der Waals surface area contributed by atoms with Crippen molar-refractivity contribution in [1.29, 1.82) is 0 Å². The minimum atomic E-state index is -0.370. The van der Waals surface area contributed by atoms with Gasteiger partial charge in [-0.1, -0.05) is 11.8 Å². The van der Waals surface area contributed by atoms with E-state index in [1.54, 1.807) is 24.6 Å². The molecule has 0 amide bonds. The molecule has 0 aromatic carbocycles. The number of nitro groups is 1. The van der Waals surface area contributed by atoms with Gasteiger partial charge in [-0.15, -0.1) is 0 Å². The molecule has 0 bridgehead atoms. The Morgan fingerprint density at radius 2 is 2.10 bits per heavy atom. The van der Waals surface area contributed by atoms with Gasteiger partial charge in [-0.05, 0) is 13.8 Å². The zero-order valence-corrected chi connectivity index (χ0v) is 12.8. The Morgan fingerprint density at radius 1 is 1.38 bits per heavy atom. The van der Waals surface area contributed by atoms with Crippen LogP contribution in [0.3, 0.4) is 0 Å². The SMILES string of the molecule is Cc1cnc(CSc2ncc(CO)n2C)c(C)c1[N+](=O)[O-]. The van der Waals surface area contributed by atoms with E-state index in [0.717, 1.165) is 10.9 Å². The molecule has 2 rings (SSSR count). The molecule has 0 fully saturated rings. The largest absolute Gasteiger partial charge is 0.390 e. The summed E-state index contributed by atoms with van der Waals surface area (Å²) in [7, 11) is 1.82. The van der Waals surface area contributed by atoms with Gasteiger partial charge in [0.05, 0.1) is 29.1 Å². The highest BCUT2D eigenvalue weighted by atomic mass is 32.2. The van der Waals surface area contributed by atoms with E-state index in [9.17, 15) is 10.1 Å². The van der Waals surface area contributed by atoms with Crippen LogP contribution in [0.2, 0.25) is 0 Å². The van der Waals surface area contributed by atoms with Crippen LogP contribution in [-0.4, -0.2) is 24.6 Å². The van der Waals surface area contributed by atoms with Crippen molar-refractivity contribution in [2.75, 3.05) is 0 Å². The maximum absolute atomic E-state index is 11.1. The molecule has 0 radical (unpaired) electrons. The lowest BCUT2D eigenvalue weighted by Gasteiger charge is -2.07. The topological polar surface area (TPSA) is 94.1 Å².